The Morgan fingerprint density at radius 1 is 1.40 bits per heavy atom. The van der Waals surface area contributed by atoms with E-state index in [0.717, 1.165) is 0 Å². The van der Waals surface area contributed by atoms with E-state index in [9.17, 15) is 9.59 Å². The number of thioether (sulfide) groups is 1. The Balaban J connectivity index is 4.93. The van der Waals surface area contributed by atoms with Gasteiger partial charge in [-0.2, -0.15) is 16.8 Å². The van der Waals surface area contributed by atoms with Crippen molar-refractivity contribution in [1.82, 2.24) is 15.1 Å². The van der Waals surface area contributed by atoms with Gasteiger partial charge in [-0.15, -0.1) is 0 Å². The van der Waals surface area contributed by atoms with E-state index in [1.165, 1.54) is 12.0 Å². The highest BCUT2D eigenvalue weighted by Crippen LogP contribution is 2.03. The summed E-state index contributed by atoms with van der Waals surface area (Å²) in [7, 11) is 4.71. The van der Waals surface area contributed by atoms with Gasteiger partial charge in [0.25, 0.3) is 0 Å². The SMILES string of the molecule is CCN(C(=O)OC)/C(=N/C(=O)NCC(C)SC)N(C)C. The zero-order chi connectivity index (χ0) is 15.7. The summed E-state index contributed by atoms with van der Waals surface area (Å²) < 4.78 is 4.68. The van der Waals surface area contributed by atoms with Crippen LogP contribution >= 0.6 is 11.8 Å². The zero-order valence-corrected chi connectivity index (χ0v) is 13.8. The first kappa shape index (κ1) is 18.6. The molecule has 0 aliphatic rings. The van der Waals surface area contributed by atoms with Crippen LogP contribution in [0.5, 0.6) is 0 Å². The standard InChI is InChI=1S/C12H24N4O3S/c1-7-16(12(18)19-5)11(15(3)4)14-10(17)13-8-9(2)20-6/h9H,7-8H2,1-6H3,(H,13,17)/b14-11+. The van der Waals surface area contributed by atoms with Crippen molar-refractivity contribution in [2.45, 2.75) is 19.1 Å². The summed E-state index contributed by atoms with van der Waals surface area (Å²) in [5, 5.41) is 3.01. The lowest BCUT2D eigenvalue weighted by atomic mass is 10.5. The maximum absolute atomic E-state index is 11.8. The van der Waals surface area contributed by atoms with Gasteiger partial charge in [0.05, 0.1) is 7.11 Å². The Labute approximate surface area is 124 Å². The summed E-state index contributed by atoms with van der Waals surface area (Å²) in [4.78, 5) is 30.3. The largest absolute Gasteiger partial charge is 0.452 e. The van der Waals surface area contributed by atoms with Crippen LogP contribution in [0.4, 0.5) is 9.59 Å². The third-order valence-corrected chi connectivity index (χ3v) is 3.47. The van der Waals surface area contributed by atoms with Crippen LogP contribution in [0.1, 0.15) is 13.8 Å². The predicted molar refractivity (Wildman–Crippen MR) is 82.3 cm³/mol. The molecular formula is C12H24N4O3S. The van der Waals surface area contributed by atoms with Crippen LogP contribution in [-0.2, 0) is 4.74 Å². The molecule has 0 bridgehead atoms. The van der Waals surface area contributed by atoms with Gasteiger partial charge in [0.15, 0.2) is 0 Å². The Bertz CT molecular complexity index is 361. The van der Waals surface area contributed by atoms with Gasteiger partial charge in [-0.3, -0.25) is 0 Å². The second kappa shape index (κ2) is 9.46. The summed E-state index contributed by atoms with van der Waals surface area (Å²) in [5.74, 6) is 0.244. The Morgan fingerprint density at radius 2 is 2.00 bits per heavy atom. The minimum Gasteiger partial charge on any atom is -0.452 e. The monoisotopic (exact) mass is 304 g/mol. The van der Waals surface area contributed by atoms with Crippen molar-refractivity contribution in [3.63, 3.8) is 0 Å². The molecule has 0 saturated heterocycles. The smallest absolute Gasteiger partial charge is 0.416 e. The number of carbonyl (C=O) groups excluding carboxylic acids is 2. The fourth-order valence-corrected chi connectivity index (χ4v) is 1.56. The van der Waals surface area contributed by atoms with Gasteiger partial charge < -0.3 is 15.0 Å². The highest BCUT2D eigenvalue weighted by Gasteiger charge is 2.21. The normalized spacial score (nSPS) is 12.6. The van der Waals surface area contributed by atoms with Crippen molar-refractivity contribution in [3.05, 3.63) is 0 Å². The van der Waals surface area contributed by atoms with Crippen molar-refractivity contribution >= 4 is 29.8 Å². The van der Waals surface area contributed by atoms with Crippen molar-refractivity contribution in [2.75, 3.05) is 40.6 Å². The van der Waals surface area contributed by atoms with E-state index < -0.39 is 12.1 Å². The maximum atomic E-state index is 11.8. The van der Waals surface area contributed by atoms with Gasteiger partial charge in [-0.25, -0.2) is 14.5 Å². The molecule has 20 heavy (non-hydrogen) atoms. The number of hydrogen-bond acceptors (Lipinski definition) is 4. The van der Waals surface area contributed by atoms with Gasteiger partial charge in [-0.1, -0.05) is 6.92 Å². The number of amides is 3. The molecule has 7 nitrogen and oxygen atoms in total. The number of aliphatic imine (C=N–C) groups is 1. The summed E-state index contributed by atoms with van der Waals surface area (Å²) in [6, 6.07) is -0.475. The van der Waals surface area contributed by atoms with Crippen LogP contribution in [0.15, 0.2) is 4.99 Å². The summed E-state index contributed by atoms with van der Waals surface area (Å²) in [5.41, 5.74) is 0. The van der Waals surface area contributed by atoms with Crippen molar-refractivity contribution in [2.24, 2.45) is 4.99 Å². The average Bonchev–Trinajstić information content (AvgIpc) is 2.43. The van der Waals surface area contributed by atoms with Gasteiger partial charge in [-0.05, 0) is 13.2 Å². The van der Waals surface area contributed by atoms with E-state index in [-0.39, 0.29) is 5.96 Å². The lowest BCUT2D eigenvalue weighted by molar-refractivity contribution is 0.144. The first-order valence-corrected chi connectivity index (χ1v) is 7.58. The van der Waals surface area contributed by atoms with Crippen LogP contribution in [0.3, 0.4) is 0 Å². The first-order chi connectivity index (χ1) is 9.37. The molecule has 0 fully saturated rings. The minimum absolute atomic E-state index is 0.244. The summed E-state index contributed by atoms with van der Waals surface area (Å²) >= 11 is 1.65. The molecule has 1 N–H and O–H groups in total. The molecule has 0 radical (unpaired) electrons. The molecule has 0 aromatic heterocycles. The highest BCUT2D eigenvalue weighted by atomic mass is 32.2. The van der Waals surface area contributed by atoms with Crippen LogP contribution in [0.2, 0.25) is 0 Å². The number of guanidine groups is 1. The van der Waals surface area contributed by atoms with Crippen LogP contribution in [-0.4, -0.2) is 73.7 Å². The lowest BCUT2D eigenvalue weighted by Gasteiger charge is -2.25. The minimum atomic E-state index is -0.551. The molecule has 1 unspecified atom stereocenters. The van der Waals surface area contributed by atoms with E-state index >= 15 is 0 Å². The average molecular weight is 304 g/mol. The maximum Gasteiger partial charge on any atom is 0.416 e. The van der Waals surface area contributed by atoms with E-state index in [1.54, 1.807) is 37.7 Å². The lowest BCUT2D eigenvalue weighted by Crippen LogP contribution is -2.45. The second-order valence-corrected chi connectivity index (χ2v) is 5.53. The fraction of sp³-hybridized carbons (Fsp3) is 0.750. The molecule has 0 aromatic rings. The Hall–Kier alpha value is -1.44. The number of urea groups is 1. The molecule has 0 rings (SSSR count). The van der Waals surface area contributed by atoms with Crippen molar-refractivity contribution in [3.8, 4) is 0 Å². The summed E-state index contributed by atoms with van der Waals surface area (Å²) in [6.07, 6.45) is 1.42. The number of methoxy groups -OCH3 is 1. The molecule has 3 amide bonds. The number of nitrogens with zero attached hydrogens (tertiary/aromatic N) is 3. The number of hydrogen-bond donors (Lipinski definition) is 1. The molecule has 0 heterocycles. The second-order valence-electron chi connectivity index (χ2n) is 4.25. The van der Waals surface area contributed by atoms with Crippen LogP contribution < -0.4 is 5.32 Å². The first-order valence-electron chi connectivity index (χ1n) is 6.29. The van der Waals surface area contributed by atoms with E-state index in [4.69, 9.17) is 0 Å². The topological polar surface area (TPSA) is 74.2 Å². The number of nitrogens with one attached hydrogen (secondary N) is 1. The molecule has 0 aliphatic heterocycles. The molecule has 8 heteroatoms. The highest BCUT2D eigenvalue weighted by molar-refractivity contribution is 7.99. The van der Waals surface area contributed by atoms with Gasteiger partial charge in [0.1, 0.15) is 0 Å². The molecule has 0 aromatic carbocycles. The number of rotatable bonds is 4. The third kappa shape index (κ3) is 6.14. The summed E-state index contributed by atoms with van der Waals surface area (Å²) in [6.45, 7) is 4.67. The van der Waals surface area contributed by atoms with Crippen LogP contribution in [0.25, 0.3) is 0 Å². The molecule has 1 atom stereocenters. The predicted octanol–water partition coefficient (Wildman–Crippen LogP) is 1.45. The van der Waals surface area contributed by atoms with E-state index in [1.807, 2.05) is 13.2 Å². The Morgan fingerprint density at radius 3 is 2.40 bits per heavy atom. The van der Waals surface area contributed by atoms with Crippen molar-refractivity contribution in [1.29, 1.82) is 0 Å². The van der Waals surface area contributed by atoms with Gasteiger partial charge >= 0.3 is 12.1 Å². The molecule has 116 valence electrons. The molecular weight excluding hydrogens is 280 g/mol. The third-order valence-electron chi connectivity index (χ3n) is 2.50. The van der Waals surface area contributed by atoms with Gasteiger partial charge in [0, 0.05) is 32.4 Å². The number of ether oxygens (including phenoxy) is 1. The number of carbonyl (C=O) groups is 2. The van der Waals surface area contributed by atoms with Crippen LogP contribution in [0, 0.1) is 0 Å². The molecule has 0 saturated carbocycles. The van der Waals surface area contributed by atoms with Crippen molar-refractivity contribution < 1.29 is 14.3 Å². The fourth-order valence-electron chi connectivity index (χ4n) is 1.31. The van der Waals surface area contributed by atoms with Gasteiger partial charge in [0.2, 0.25) is 5.96 Å². The molecule has 0 aliphatic carbocycles. The molecule has 0 spiro atoms. The Kier molecular flexibility index (Phi) is 8.78. The quantitative estimate of drug-likeness (QED) is 0.628. The van der Waals surface area contributed by atoms with E-state index in [2.05, 4.69) is 15.0 Å². The van der Waals surface area contributed by atoms with E-state index in [0.29, 0.717) is 18.3 Å². The zero-order valence-electron chi connectivity index (χ0n) is 13.0.